The largest absolute Gasteiger partial charge is 0.365 e. The summed E-state index contributed by atoms with van der Waals surface area (Å²) >= 11 is 0. The first-order chi connectivity index (χ1) is 13.9. The van der Waals surface area contributed by atoms with Crippen LogP contribution in [0.4, 0.5) is 4.79 Å². The highest BCUT2D eigenvalue weighted by atomic mass is 16.2. The van der Waals surface area contributed by atoms with E-state index in [-0.39, 0.29) is 18.0 Å². The van der Waals surface area contributed by atoms with E-state index in [4.69, 9.17) is 5.73 Å². The number of carbonyl (C=O) groups is 2. The van der Waals surface area contributed by atoms with Crippen LogP contribution >= 0.6 is 0 Å². The predicted molar refractivity (Wildman–Crippen MR) is 113 cm³/mol. The molecular weight excluding hydrogens is 366 g/mol. The summed E-state index contributed by atoms with van der Waals surface area (Å²) in [6.07, 6.45) is 4.45. The van der Waals surface area contributed by atoms with Crippen molar-refractivity contribution in [2.45, 2.75) is 52.0 Å². The van der Waals surface area contributed by atoms with Crippen molar-refractivity contribution in [2.75, 3.05) is 13.1 Å². The van der Waals surface area contributed by atoms with Crippen LogP contribution < -0.4 is 11.1 Å². The topological polar surface area (TPSA) is 93.2 Å². The third kappa shape index (κ3) is 4.78. The molecule has 1 fully saturated rings. The zero-order chi connectivity index (χ0) is 21.0. The Hall–Kier alpha value is -2.83. The number of rotatable bonds is 6. The van der Waals surface area contributed by atoms with Gasteiger partial charge >= 0.3 is 6.03 Å². The second-order valence-electron chi connectivity index (χ2n) is 7.98. The van der Waals surface area contributed by atoms with Gasteiger partial charge in [-0.05, 0) is 37.8 Å². The molecule has 1 saturated heterocycles. The quantitative estimate of drug-likeness (QED) is 0.783. The van der Waals surface area contributed by atoms with Crippen LogP contribution in [-0.4, -0.2) is 45.8 Å². The number of hydrogen-bond donors (Lipinski definition) is 2. The first-order valence-corrected chi connectivity index (χ1v) is 10.4. The van der Waals surface area contributed by atoms with Gasteiger partial charge in [0.1, 0.15) is 0 Å². The third-order valence-corrected chi connectivity index (χ3v) is 5.97. The number of nitrogens with one attached hydrogen (secondary N) is 1. The van der Waals surface area contributed by atoms with Crippen LogP contribution in [0.15, 0.2) is 36.5 Å². The van der Waals surface area contributed by atoms with Gasteiger partial charge in [-0.3, -0.25) is 4.79 Å². The van der Waals surface area contributed by atoms with Gasteiger partial charge in [0, 0.05) is 31.2 Å². The van der Waals surface area contributed by atoms with Gasteiger partial charge in [-0.1, -0.05) is 38.5 Å². The zero-order valence-electron chi connectivity index (χ0n) is 17.5. The van der Waals surface area contributed by atoms with Crippen LogP contribution in [0.2, 0.25) is 0 Å². The number of primary amides is 1. The summed E-state index contributed by atoms with van der Waals surface area (Å²) in [4.78, 5) is 26.6. The van der Waals surface area contributed by atoms with Crippen molar-refractivity contribution < 1.29 is 9.59 Å². The summed E-state index contributed by atoms with van der Waals surface area (Å²) < 4.78 is 1.69. The van der Waals surface area contributed by atoms with Crippen molar-refractivity contribution in [3.8, 4) is 5.69 Å². The van der Waals surface area contributed by atoms with Gasteiger partial charge in [0.25, 0.3) is 5.91 Å². The van der Waals surface area contributed by atoms with Gasteiger partial charge in [0.05, 0.1) is 16.9 Å². The fraction of sp³-hybridized carbons (Fsp3) is 0.500. The molecule has 0 spiro atoms. The van der Waals surface area contributed by atoms with E-state index in [2.05, 4.69) is 24.3 Å². The van der Waals surface area contributed by atoms with Crippen molar-refractivity contribution in [1.29, 1.82) is 0 Å². The fourth-order valence-corrected chi connectivity index (χ4v) is 3.76. The van der Waals surface area contributed by atoms with E-state index in [1.165, 1.54) is 0 Å². The highest BCUT2D eigenvalue weighted by molar-refractivity contribution is 5.94. The van der Waals surface area contributed by atoms with Crippen molar-refractivity contribution in [3.63, 3.8) is 0 Å². The van der Waals surface area contributed by atoms with Gasteiger partial charge in [0.15, 0.2) is 0 Å². The molecule has 0 aliphatic carbocycles. The lowest BCUT2D eigenvalue weighted by molar-refractivity contribution is 0.0998. The molecule has 2 aromatic rings. The molecule has 1 aliphatic heterocycles. The number of urea groups is 1. The van der Waals surface area contributed by atoms with Crippen LogP contribution in [0.25, 0.3) is 5.69 Å². The molecule has 0 saturated carbocycles. The standard InChI is InChI=1S/C22H31N5O2/c1-4-15(2)16(3)24-22(29)26-12-8-9-17(13-26)20-19(21(23)28)14-27(25-20)18-10-6-5-7-11-18/h5-7,10-11,14-17H,4,8-9,12-13H2,1-3H3,(H2,23,28)(H,24,29). The Kier molecular flexibility index (Phi) is 6.56. The maximum atomic E-state index is 12.7. The molecular formula is C22H31N5O2. The highest BCUT2D eigenvalue weighted by Gasteiger charge is 2.30. The van der Waals surface area contributed by atoms with E-state index >= 15 is 0 Å². The lowest BCUT2D eigenvalue weighted by atomic mass is 9.92. The van der Waals surface area contributed by atoms with Crippen molar-refractivity contribution in [2.24, 2.45) is 11.7 Å². The molecule has 1 aromatic heterocycles. The Morgan fingerprint density at radius 3 is 2.66 bits per heavy atom. The molecule has 1 aliphatic rings. The number of para-hydroxylation sites is 1. The molecule has 7 heteroatoms. The van der Waals surface area contributed by atoms with E-state index in [1.54, 1.807) is 10.9 Å². The molecule has 156 valence electrons. The summed E-state index contributed by atoms with van der Waals surface area (Å²) in [6.45, 7) is 7.55. The summed E-state index contributed by atoms with van der Waals surface area (Å²) in [5.74, 6) is -0.0856. The molecule has 7 nitrogen and oxygen atoms in total. The number of amides is 3. The van der Waals surface area contributed by atoms with Gasteiger partial charge < -0.3 is 16.0 Å². The lowest BCUT2D eigenvalue weighted by Crippen LogP contribution is -2.49. The summed E-state index contributed by atoms with van der Waals surface area (Å²) in [6, 6.07) is 9.70. The Balaban J connectivity index is 1.79. The van der Waals surface area contributed by atoms with Crippen LogP contribution in [0, 0.1) is 5.92 Å². The highest BCUT2D eigenvalue weighted by Crippen LogP contribution is 2.29. The number of aromatic nitrogens is 2. The molecule has 0 bridgehead atoms. The van der Waals surface area contributed by atoms with Gasteiger partial charge in [0.2, 0.25) is 0 Å². The molecule has 3 unspecified atom stereocenters. The Bertz CT molecular complexity index is 848. The second kappa shape index (κ2) is 9.11. The molecule has 1 aromatic carbocycles. The summed E-state index contributed by atoms with van der Waals surface area (Å²) in [7, 11) is 0. The predicted octanol–water partition coefficient (Wildman–Crippen LogP) is 3.29. The number of nitrogens with two attached hydrogens (primary N) is 1. The van der Waals surface area contributed by atoms with E-state index in [0.717, 1.165) is 24.9 Å². The van der Waals surface area contributed by atoms with E-state index in [1.807, 2.05) is 42.2 Å². The van der Waals surface area contributed by atoms with Crippen LogP contribution in [0.5, 0.6) is 0 Å². The van der Waals surface area contributed by atoms with Gasteiger partial charge in [-0.2, -0.15) is 5.10 Å². The van der Waals surface area contributed by atoms with Crippen LogP contribution in [-0.2, 0) is 0 Å². The summed E-state index contributed by atoms with van der Waals surface area (Å²) in [5, 5.41) is 7.79. The minimum Gasteiger partial charge on any atom is -0.365 e. The third-order valence-electron chi connectivity index (χ3n) is 5.97. The number of carbonyl (C=O) groups excluding carboxylic acids is 2. The van der Waals surface area contributed by atoms with Crippen LogP contribution in [0.1, 0.15) is 62.0 Å². The number of piperidine rings is 1. The molecule has 0 radical (unpaired) electrons. The number of benzene rings is 1. The Morgan fingerprint density at radius 1 is 1.28 bits per heavy atom. The second-order valence-corrected chi connectivity index (χ2v) is 7.98. The number of nitrogens with zero attached hydrogens (tertiary/aromatic N) is 3. The maximum Gasteiger partial charge on any atom is 0.317 e. The maximum absolute atomic E-state index is 12.7. The molecule has 2 heterocycles. The van der Waals surface area contributed by atoms with Gasteiger partial charge in [-0.15, -0.1) is 0 Å². The van der Waals surface area contributed by atoms with Crippen molar-refractivity contribution >= 4 is 11.9 Å². The molecule has 3 atom stereocenters. The van der Waals surface area contributed by atoms with Gasteiger partial charge in [-0.25, -0.2) is 9.48 Å². The average molecular weight is 398 g/mol. The normalized spacial score (nSPS) is 18.9. The molecule has 3 rings (SSSR count). The summed E-state index contributed by atoms with van der Waals surface area (Å²) in [5.41, 5.74) is 7.61. The zero-order valence-corrected chi connectivity index (χ0v) is 17.5. The first-order valence-electron chi connectivity index (χ1n) is 10.4. The smallest absolute Gasteiger partial charge is 0.317 e. The lowest BCUT2D eigenvalue weighted by Gasteiger charge is -2.34. The number of likely N-dealkylation sites (tertiary alicyclic amines) is 1. The molecule has 3 N–H and O–H groups in total. The fourth-order valence-electron chi connectivity index (χ4n) is 3.76. The average Bonchev–Trinajstić information content (AvgIpc) is 3.19. The Morgan fingerprint density at radius 2 is 2.00 bits per heavy atom. The molecule has 29 heavy (non-hydrogen) atoms. The Labute approximate surface area is 172 Å². The molecule has 3 amide bonds. The van der Waals surface area contributed by atoms with E-state index in [9.17, 15) is 9.59 Å². The van der Waals surface area contributed by atoms with E-state index in [0.29, 0.717) is 30.3 Å². The monoisotopic (exact) mass is 397 g/mol. The van der Waals surface area contributed by atoms with Crippen molar-refractivity contribution in [1.82, 2.24) is 20.0 Å². The SMILES string of the molecule is CCC(C)C(C)NC(=O)N1CCCC(c2nn(-c3ccccc3)cc2C(N)=O)C1. The van der Waals surface area contributed by atoms with Crippen molar-refractivity contribution in [3.05, 3.63) is 47.8 Å². The van der Waals surface area contributed by atoms with Crippen LogP contribution in [0.3, 0.4) is 0 Å². The first kappa shape index (κ1) is 20.9. The minimum atomic E-state index is -0.492. The number of hydrogen-bond acceptors (Lipinski definition) is 3. The van der Waals surface area contributed by atoms with E-state index < -0.39 is 5.91 Å². The minimum absolute atomic E-state index is 0.0131.